The summed E-state index contributed by atoms with van der Waals surface area (Å²) in [6.07, 6.45) is 0.750. The van der Waals surface area contributed by atoms with Crippen molar-refractivity contribution in [2.24, 2.45) is 5.92 Å². The molecule has 1 nitrogen and oxygen atoms in total. The zero-order chi connectivity index (χ0) is 10.1. The molecule has 1 unspecified atom stereocenters. The van der Waals surface area contributed by atoms with E-state index in [1.807, 2.05) is 31.5 Å². The number of hydrogen-bond donors (Lipinski definition) is 1. The van der Waals surface area contributed by atoms with E-state index in [2.05, 4.69) is 15.9 Å². The largest absolute Gasteiger partial charge is 0.385 e. The molecule has 0 aliphatic heterocycles. The Morgan fingerprint density at radius 2 is 2.15 bits per heavy atom. The van der Waals surface area contributed by atoms with E-state index in [9.17, 15) is 5.11 Å². The van der Waals surface area contributed by atoms with Gasteiger partial charge in [-0.25, -0.2) is 0 Å². The molecule has 0 radical (unpaired) electrons. The summed E-state index contributed by atoms with van der Waals surface area (Å²) < 4.78 is 1.02. The monoisotopic (exact) mass is 262 g/mol. The van der Waals surface area contributed by atoms with Crippen LogP contribution in [-0.4, -0.2) is 5.11 Å². The van der Waals surface area contributed by atoms with Gasteiger partial charge in [-0.1, -0.05) is 20.8 Å². The molecule has 0 aliphatic rings. The van der Waals surface area contributed by atoms with Crippen LogP contribution in [0.5, 0.6) is 0 Å². The van der Waals surface area contributed by atoms with Crippen LogP contribution < -0.4 is 0 Å². The highest BCUT2D eigenvalue weighted by molar-refractivity contribution is 9.10. The molecule has 13 heavy (non-hydrogen) atoms. The normalized spacial score (nSPS) is 16.2. The van der Waals surface area contributed by atoms with Gasteiger partial charge in [0.15, 0.2) is 0 Å². The van der Waals surface area contributed by atoms with E-state index in [1.54, 1.807) is 11.3 Å². The number of thiophene rings is 1. The first kappa shape index (κ1) is 11.2. The molecule has 74 valence electrons. The Bertz CT molecular complexity index is 282. The van der Waals surface area contributed by atoms with Crippen LogP contribution >= 0.6 is 27.3 Å². The minimum atomic E-state index is -0.682. The van der Waals surface area contributed by atoms with E-state index >= 15 is 0 Å². The molecular weight excluding hydrogens is 248 g/mol. The topological polar surface area (TPSA) is 20.2 Å². The molecule has 0 saturated heterocycles. The zero-order valence-corrected chi connectivity index (χ0v) is 10.6. The fourth-order valence-electron chi connectivity index (χ4n) is 1.50. The summed E-state index contributed by atoms with van der Waals surface area (Å²) in [7, 11) is 0. The minimum absolute atomic E-state index is 0.239. The molecule has 1 heterocycles. The van der Waals surface area contributed by atoms with Crippen molar-refractivity contribution in [1.29, 1.82) is 0 Å². The summed E-state index contributed by atoms with van der Waals surface area (Å²) >= 11 is 5.08. The maximum atomic E-state index is 10.4. The molecule has 1 aromatic rings. The lowest BCUT2D eigenvalue weighted by molar-refractivity contribution is -0.0142. The summed E-state index contributed by atoms with van der Waals surface area (Å²) in [5, 5.41) is 14.4. The Kier molecular flexibility index (Phi) is 3.55. The average molecular weight is 263 g/mol. The lowest BCUT2D eigenvalue weighted by atomic mass is 9.83. The Hall–Kier alpha value is 0.140. The van der Waals surface area contributed by atoms with Crippen molar-refractivity contribution >= 4 is 27.3 Å². The molecule has 1 aromatic heterocycles. The lowest BCUT2D eigenvalue weighted by Gasteiger charge is -2.31. The van der Waals surface area contributed by atoms with E-state index in [1.165, 1.54) is 0 Å². The van der Waals surface area contributed by atoms with Gasteiger partial charge in [-0.05, 0) is 33.6 Å². The third-order valence-corrected chi connectivity index (χ3v) is 4.28. The molecular formula is C10H15BrOS. The summed E-state index contributed by atoms with van der Waals surface area (Å²) in [6, 6.07) is 0. The van der Waals surface area contributed by atoms with Crippen LogP contribution in [0.15, 0.2) is 15.2 Å². The smallest absolute Gasteiger partial charge is 0.0935 e. The Morgan fingerprint density at radius 3 is 2.46 bits per heavy atom. The zero-order valence-electron chi connectivity index (χ0n) is 8.17. The fraction of sp³-hybridized carbons (Fsp3) is 0.600. The van der Waals surface area contributed by atoms with Gasteiger partial charge in [0, 0.05) is 15.4 Å². The van der Waals surface area contributed by atoms with Crippen molar-refractivity contribution in [1.82, 2.24) is 0 Å². The Morgan fingerprint density at radius 1 is 1.54 bits per heavy atom. The molecule has 0 fully saturated rings. The Balaban J connectivity index is 3.10. The first-order valence-corrected chi connectivity index (χ1v) is 6.20. The maximum Gasteiger partial charge on any atom is 0.0935 e. The van der Waals surface area contributed by atoms with Crippen molar-refractivity contribution in [3.8, 4) is 0 Å². The maximum absolute atomic E-state index is 10.4. The van der Waals surface area contributed by atoms with Gasteiger partial charge >= 0.3 is 0 Å². The van der Waals surface area contributed by atoms with Crippen molar-refractivity contribution in [2.75, 3.05) is 0 Å². The molecule has 0 aliphatic carbocycles. The first-order chi connectivity index (χ1) is 6.02. The van der Waals surface area contributed by atoms with Gasteiger partial charge in [0.2, 0.25) is 0 Å². The fourth-order valence-corrected chi connectivity index (χ4v) is 3.21. The second-order valence-electron chi connectivity index (χ2n) is 3.57. The highest BCUT2D eigenvalue weighted by Crippen LogP contribution is 2.38. The quantitative estimate of drug-likeness (QED) is 0.880. The van der Waals surface area contributed by atoms with Gasteiger partial charge in [0.25, 0.3) is 0 Å². The van der Waals surface area contributed by atoms with Crippen LogP contribution in [0.2, 0.25) is 0 Å². The molecule has 0 saturated carbocycles. The van der Waals surface area contributed by atoms with Gasteiger partial charge in [-0.15, -0.1) is 0 Å². The van der Waals surface area contributed by atoms with Crippen molar-refractivity contribution in [3.63, 3.8) is 0 Å². The Labute approximate surface area is 91.9 Å². The second kappa shape index (κ2) is 4.11. The predicted octanol–water partition coefficient (Wildman–Crippen LogP) is 3.76. The summed E-state index contributed by atoms with van der Waals surface area (Å²) in [5.41, 5.74) is 0.341. The molecule has 0 spiro atoms. The van der Waals surface area contributed by atoms with Crippen LogP contribution in [-0.2, 0) is 5.60 Å². The number of halogens is 1. The predicted molar refractivity (Wildman–Crippen MR) is 61.0 cm³/mol. The van der Waals surface area contributed by atoms with E-state index in [-0.39, 0.29) is 5.92 Å². The molecule has 1 N–H and O–H groups in total. The van der Waals surface area contributed by atoms with Crippen molar-refractivity contribution in [3.05, 3.63) is 20.8 Å². The molecule has 0 aromatic carbocycles. The average Bonchev–Trinajstić information content (AvgIpc) is 2.50. The van der Waals surface area contributed by atoms with E-state index in [0.717, 1.165) is 16.5 Å². The highest BCUT2D eigenvalue weighted by atomic mass is 79.9. The van der Waals surface area contributed by atoms with E-state index in [0.29, 0.717) is 0 Å². The summed E-state index contributed by atoms with van der Waals surface area (Å²) in [6.45, 7) is 6.12. The van der Waals surface area contributed by atoms with Crippen LogP contribution in [0.1, 0.15) is 32.8 Å². The molecule has 1 rings (SSSR count). The third kappa shape index (κ3) is 1.97. The van der Waals surface area contributed by atoms with Crippen molar-refractivity contribution in [2.45, 2.75) is 32.8 Å². The molecule has 1 atom stereocenters. The highest BCUT2D eigenvalue weighted by Gasteiger charge is 2.33. The van der Waals surface area contributed by atoms with Crippen LogP contribution in [0.4, 0.5) is 0 Å². The van der Waals surface area contributed by atoms with Crippen LogP contribution in [0, 0.1) is 5.92 Å². The van der Waals surface area contributed by atoms with Gasteiger partial charge in [0.05, 0.1) is 5.60 Å². The van der Waals surface area contributed by atoms with Gasteiger partial charge < -0.3 is 5.11 Å². The van der Waals surface area contributed by atoms with Gasteiger partial charge in [0.1, 0.15) is 0 Å². The SMILES string of the molecule is CCC(O)(c1cscc1Br)C(C)C. The van der Waals surface area contributed by atoms with Crippen LogP contribution in [0.3, 0.4) is 0 Å². The van der Waals surface area contributed by atoms with Gasteiger partial charge in [-0.3, -0.25) is 0 Å². The molecule has 0 bridgehead atoms. The standard InChI is InChI=1S/C10H15BrOS/c1-4-10(12,7(2)3)8-5-13-6-9(8)11/h5-7,12H,4H2,1-3H3. The van der Waals surface area contributed by atoms with Crippen LogP contribution in [0.25, 0.3) is 0 Å². The lowest BCUT2D eigenvalue weighted by Crippen LogP contribution is -2.30. The first-order valence-electron chi connectivity index (χ1n) is 4.47. The number of rotatable bonds is 3. The second-order valence-corrected chi connectivity index (χ2v) is 5.16. The third-order valence-electron chi connectivity index (χ3n) is 2.58. The van der Waals surface area contributed by atoms with Gasteiger partial charge in [-0.2, -0.15) is 11.3 Å². The molecule has 3 heteroatoms. The van der Waals surface area contributed by atoms with Crippen molar-refractivity contribution < 1.29 is 5.11 Å². The summed E-state index contributed by atoms with van der Waals surface area (Å²) in [5.74, 6) is 0.239. The summed E-state index contributed by atoms with van der Waals surface area (Å²) in [4.78, 5) is 0. The minimum Gasteiger partial charge on any atom is -0.385 e. The number of aliphatic hydroxyl groups is 1. The molecule has 0 amide bonds. The number of hydrogen-bond acceptors (Lipinski definition) is 2. The van der Waals surface area contributed by atoms with E-state index < -0.39 is 5.60 Å². The van der Waals surface area contributed by atoms with E-state index in [4.69, 9.17) is 0 Å².